The molecule has 0 radical (unpaired) electrons. The Balaban J connectivity index is 1.54. The van der Waals surface area contributed by atoms with Gasteiger partial charge in [0.2, 0.25) is 23.6 Å². The number of hydrogen-bond donors (Lipinski definition) is 1. The van der Waals surface area contributed by atoms with Gasteiger partial charge in [-0.15, -0.1) is 0 Å². The smallest absolute Gasteiger partial charge is 0.241 e. The summed E-state index contributed by atoms with van der Waals surface area (Å²) in [6, 6.07) is 7.58. The highest BCUT2D eigenvalue weighted by atomic mass is 35.5. The zero-order valence-corrected chi connectivity index (χ0v) is 23.7. The number of carbonyl (C=O) groups is 4. The summed E-state index contributed by atoms with van der Waals surface area (Å²) < 4.78 is 28.7. The summed E-state index contributed by atoms with van der Waals surface area (Å²) in [6.45, 7) is 6.96. The van der Waals surface area contributed by atoms with Gasteiger partial charge in [0, 0.05) is 17.0 Å². The number of rotatable bonds is 2. The standard InChI is InChI=1S/C31H29ClF2N2O5/c1-30(2,3)36-26(38)16-10-9-15-18(23(16)28(36)40)13-19-27(39)35(14-8-11-21(33)20(32)12-14)29(41)31(19,4)24(15)17-6-5-7-22(34)25(17)37/h5-9,11-12,16,18-19,23-24,37H,10,13H2,1-4H3/t16-,18+,19-,23-,24+,31+/m0/s1. The molecule has 0 spiro atoms. The third kappa shape index (κ3) is 3.67. The van der Waals surface area contributed by atoms with E-state index in [0.717, 1.165) is 17.0 Å². The van der Waals surface area contributed by atoms with Crippen LogP contribution in [0, 0.1) is 40.7 Å². The molecule has 7 nitrogen and oxygen atoms in total. The molecule has 2 aromatic rings. The average molecular weight is 583 g/mol. The highest BCUT2D eigenvalue weighted by Crippen LogP contribution is 2.64. The van der Waals surface area contributed by atoms with Gasteiger partial charge in [0.25, 0.3) is 0 Å². The van der Waals surface area contributed by atoms with E-state index in [1.54, 1.807) is 27.7 Å². The molecular weight excluding hydrogens is 554 g/mol. The van der Waals surface area contributed by atoms with Crippen molar-refractivity contribution in [2.45, 2.75) is 52.0 Å². The molecule has 0 bridgehead atoms. The van der Waals surface area contributed by atoms with Crippen LogP contribution in [0.15, 0.2) is 48.0 Å². The van der Waals surface area contributed by atoms with E-state index in [4.69, 9.17) is 11.6 Å². The lowest BCUT2D eigenvalue weighted by Gasteiger charge is -2.49. The molecule has 214 valence electrons. The fourth-order valence-corrected chi connectivity index (χ4v) is 7.83. The zero-order chi connectivity index (χ0) is 29.8. The summed E-state index contributed by atoms with van der Waals surface area (Å²) in [7, 11) is 0. The molecule has 41 heavy (non-hydrogen) atoms. The first-order chi connectivity index (χ1) is 19.2. The number of phenols is 1. The zero-order valence-electron chi connectivity index (χ0n) is 23.0. The number of nitrogens with zero attached hydrogens (tertiary/aromatic N) is 2. The largest absolute Gasteiger partial charge is 0.505 e. The molecule has 10 heteroatoms. The Labute approximate surface area is 240 Å². The topological polar surface area (TPSA) is 95.0 Å². The molecule has 2 heterocycles. The van der Waals surface area contributed by atoms with E-state index < -0.39 is 69.7 Å². The summed E-state index contributed by atoms with van der Waals surface area (Å²) in [4.78, 5) is 57.9. The monoisotopic (exact) mass is 582 g/mol. The second-order valence-corrected chi connectivity index (χ2v) is 13.0. The fourth-order valence-electron chi connectivity index (χ4n) is 7.66. The maximum Gasteiger partial charge on any atom is 0.241 e. The Morgan fingerprint density at radius 3 is 2.34 bits per heavy atom. The van der Waals surface area contributed by atoms with Crippen molar-refractivity contribution in [3.8, 4) is 5.75 Å². The SMILES string of the molecule is CC(C)(C)N1C(=O)[C@H]2[C@H](CC=C3[C@H]2C[C@H]2C(=O)N(c4ccc(F)c(Cl)c4)C(=O)[C@@]2(C)[C@H]3c2cccc(F)c2O)C1=O. The normalized spacial score (nSPS) is 31.3. The van der Waals surface area contributed by atoms with Gasteiger partial charge < -0.3 is 5.11 Å². The van der Waals surface area contributed by atoms with Gasteiger partial charge in [-0.3, -0.25) is 24.1 Å². The van der Waals surface area contributed by atoms with E-state index >= 15 is 0 Å². The van der Waals surface area contributed by atoms with Gasteiger partial charge in [-0.05, 0) is 70.7 Å². The van der Waals surface area contributed by atoms with E-state index in [9.17, 15) is 33.1 Å². The molecule has 2 saturated heterocycles. The maximum absolute atomic E-state index is 14.7. The molecule has 4 amide bonds. The van der Waals surface area contributed by atoms with Crippen LogP contribution in [0.2, 0.25) is 5.02 Å². The molecule has 4 aliphatic rings. The van der Waals surface area contributed by atoms with E-state index in [1.165, 1.54) is 29.2 Å². The number of hydrogen-bond acceptors (Lipinski definition) is 5. The number of fused-ring (bicyclic) bond motifs is 4. The van der Waals surface area contributed by atoms with E-state index in [-0.39, 0.29) is 40.9 Å². The average Bonchev–Trinajstić information content (AvgIpc) is 3.27. The third-order valence-corrected chi connectivity index (χ3v) is 9.73. The molecule has 0 unspecified atom stereocenters. The molecule has 3 fully saturated rings. The van der Waals surface area contributed by atoms with Crippen molar-refractivity contribution in [2.24, 2.45) is 29.1 Å². The number of carbonyl (C=O) groups excluding carboxylic acids is 4. The van der Waals surface area contributed by atoms with Gasteiger partial charge in [-0.25, -0.2) is 13.7 Å². The number of aromatic hydroxyl groups is 1. The summed E-state index contributed by atoms with van der Waals surface area (Å²) >= 11 is 6.00. The first-order valence-electron chi connectivity index (χ1n) is 13.6. The maximum atomic E-state index is 14.7. The van der Waals surface area contributed by atoms with Crippen molar-refractivity contribution in [3.63, 3.8) is 0 Å². The summed E-state index contributed by atoms with van der Waals surface area (Å²) in [5, 5.41) is 10.6. The number of phenolic OH excluding ortho intramolecular Hbond substituents is 1. The Morgan fingerprint density at radius 1 is 0.976 bits per heavy atom. The van der Waals surface area contributed by atoms with Crippen molar-refractivity contribution in [1.29, 1.82) is 0 Å². The number of anilines is 1. The number of imide groups is 2. The van der Waals surface area contributed by atoms with Gasteiger partial charge >= 0.3 is 0 Å². The Hall–Kier alpha value is -3.59. The van der Waals surface area contributed by atoms with Gasteiger partial charge in [0.15, 0.2) is 11.6 Å². The van der Waals surface area contributed by atoms with Crippen LogP contribution in [-0.2, 0) is 19.2 Å². The molecule has 0 aromatic heterocycles. The van der Waals surface area contributed by atoms with Crippen molar-refractivity contribution in [2.75, 3.05) is 4.90 Å². The molecule has 2 aliphatic heterocycles. The van der Waals surface area contributed by atoms with Gasteiger partial charge in [-0.1, -0.05) is 35.4 Å². The van der Waals surface area contributed by atoms with Crippen LogP contribution in [0.1, 0.15) is 52.0 Å². The van der Waals surface area contributed by atoms with Crippen LogP contribution >= 0.6 is 11.6 Å². The summed E-state index contributed by atoms with van der Waals surface area (Å²) in [5.74, 6) is -7.95. The van der Waals surface area contributed by atoms with Crippen LogP contribution in [0.4, 0.5) is 14.5 Å². The van der Waals surface area contributed by atoms with Crippen LogP contribution in [-0.4, -0.2) is 39.2 Å². The minimum absolute atomic E-state index is 0.0881. The van der Waals surface area contributed by atoms with Crippen molar-refractivity contribution >= 4 is 40.9 Å². The lowest BCUT2D eigenvalue weighted by molar-refractivity contribution is -0.145. The second-order valence-electron chi connectivity index (χ2n) is 12.6. The van der Waals surface area contributed by atoms with Gasteiger partial charge in [0.05, 0.1) is 33.9 Å². The molecular formula is C31H29ClF2N2O5. The fraction of sp³-hybridized carbons (Fsp3) is 0.419. The Bertz CT molecular complexity index is 1580. The molecule has 2 aliphatic carbocycles. The minimum Gasteiger partial charge on any atom is -0.505 e. The predicted molar refractivity (Wildman–Crippen MR) is 146 cm³/mol. The van der Waals surface area contributed by atoms with Gasteiger partial charge in [0.1, 0.15) is 5.82 Å². The number of benzene rings is 2. The van der Waals surface area contributed by atoms with Crippen LogP contribution in [0.25, 0.3) is 0 Å². The Kier molecular flexibility index (Phi) is 6.02. The lowest BCUT2D eigenvalue weighted by Crippen LogP contribution is -2.49. The van der Waals surface area contributed by atoms with Crippen molar-refractivity contribution < 1.29 is 33.1 Å². The van der Waals surface area contributed by atoms with Crippen LogP contribution < -0.4 is 4.90 Å². The number of likely N-dealkylation sites (tertiary alicyclic amines) is 1. The number of amides is 4. The first-order valence-corrected chi connectivity index (χ1v) is 14.0. The van der Waals surface area contributed by atoms with Crippen LogP contribution in [0.3, 0.4) is 0 Å². The second kappa shape index (κ2) is 8.95. The quantitative estimate of drug-likeness (QED) is 0.380. The number of allylic oxidation sites excluding steroid dienone is 2. The molecule has 1 saturated carbocycles. The van der Waals surface area contributed by atoms with Crippen LogP contribution in [0.5, 0.6) is 5.75 Å². The lowest BCUT2D eigenvalue weighted by atomic mass is 9.51. The van der Waals surface area contributed by atoms with E-state index in [1.807, 2.05) is 6.08 Å². The molecule has 2 aromatic carbocycles. The van der Waals surface area contributed by atoms with Crippen molar-refractivity contribution in [1.82, 2.24) is 4.90 Å². The summed E-state index contributed by atoms with van der Waals surface area (Å²) in [6.07, 6.45) is 2.16. The molecule has 1 N–H and O–H groups in total. The van der Waals surface area contributed by atoms with E-state index in [2.05, 4.69) is 0 Å². The predicted octanol–water partition coefficient (Wildman–Crippen LogP) is 5.35. The highest BCUT2D eigenvalue weighted by Gasteiger charge is 2.68. The van der Waals surface area contributed by atoms with Crippen molar-refractivity contribution in [3.05, 3.63) is 70.3 Å². The van der Waals surface area contributed by atoms with E-state index in [0.29, 0.717) is 5.57 Å². The minimum atomic E-state index is -1.48. The van der Waals surface area contributed by atoms with Gasteiger partial charge in [-0.2, -0.15) is 0 Å². The number of halogens is 3. The first kappa shape index (κ1) is 27.6. The number of para-hydroxylation sites is 1. The highest BCUT2D eigenvalue weighted by molar-refractivity contribution is 6.31. The Morgan fingerprint density at radius 2 is 1.68 bits per heavy atom. The third-order valence-electron chi connectivity index (χ3n) is 9.44. The summed E-state index contributed by atoms with van der Waals surface area (Å²) in [5.41, 5.74) is -1.40. The molecule has 6 atom stereocenters. The molecule has 6 rings (SSSR count).